The van der Waals surface area contributed by atoms with Crippen molar-refractivity contribution >= 4 is 31.9 Å². The van der Waals surface area contributed by atoms with E-state index in [4.69, 9.17) is 4.74 Å². The van der Waals surface area contributed by atoms with Gasteiger partial charge in [0.1, 0.15) is 11.9 Å². The lowest BCUT2D eigenvalue weighted by atomic mass is 10.0. The first-order valence-corrected chi connectivity index (χ1v) is 6.77. The van der Waals surface area contributed by atoms with Crippen molar-refractivity contribution in [2.75, 3.05) is 12.4 Å². The van der Waals surface area contributed by atoms with E-state index in [0.717, 1.165) is 4.47 Å². The van der Waals surface area contributed by atoms with Gasteiger partial charge in [-0.15, -0.1) is 0 Å². The standard InChI is InChI=1S/C11H14Br2O3/c1-16-10-6-7(2-3-8(10)13)11(15)9(14)4-5-12/h2-3,6,9,11,14-15H,4-5H2,1H3. The molecule has 5 heteroatoms. The van der Waals surface area contributed by atoms with E-state index in [9.17, 15) is 10.2 Å². The van der Waals surface area contributed by atoms with Crippen molar-refractivity contribution in [1.82, 2.24) is 0 Å². The zero-order valence-electron chi connectivity index (χ0n) is 8.86. The predicted molar refractivity (Wildman–Crippen MR) is 70.1 cm³/mol. The lowest BCUT2D eigenvalue weighted by Crippen LogP contribution is -2.18. The van der Waals surface area contributed by atoms with Gasteiger partial charge in [-0.2, -0.15) is 0 Å². The maximum absolute atomic E-state index is 9.89. The summed E-state index contributed by atoms with van der Waals surface area (Å²) in [5, 5.41) is 20.2. The molecule has 0 radical (unpaired) electrons. The molecule has 0 heterocycles. The summed E-state index contributed by atoms with van der Waals surface area (Å²) >= 11 is 6.56. The molecule has 0 fully saturated rings. The molecule has 90 valence electrons. The van der Waals surface area contributed by atoms with Crippen LogP contribution in [0.15, 0.2) is 22.7 Å². The van der Waals surface area contributed by atoms with Crippen molar-refractivity contribution in [3.8, 4) is 5.75 Å². The Bertz CT molecular complexity index is 344. The molecule has 0 aliphatic carbocycles. The van der Waals surface area contributed by atoms with Gasteiger partial charge in [-0.3, -0.25) is 0 Å². The first-order valence-electron chi connectivity index (χ1n) is 4.85. The maximum atomic E-state index is 9.89. The van der Waals surface area contributed by atoms with E-state index in [1.54, 1.807) is 25.3 Å². The minimum absolute atomic E-state index is 0.500. The van der Waals surface area contributed by atoms with Gasteiger partial charge in [0.25, 0.3) is 0 Å². The highest BCUT2D eigenvalue weighted by atomic mass is 79.9. The van der Waals surface area contributed by atoms with Crippen LogP contribution in [0.3, 0.4) is 0 Å². The Morgan fingerprint density at radius 3 is 2.62 bits per heavy atom. The van der Waals surface area contributed by atoms with Crippen molar-refractivity contribution in [2.24, 2.45) is 0 Å². The smallest absolute Gasteiger partial charge is 0.133 e. The molecule has 0 spiro atoms. The van der Waals surface area contributed by atoms with Crippen LogP contribution in [-0.2, 0) is 0 Å². The summed E-state index contributed by atoms with van der Waals surface area (Å²) in [7, 11) is 1.56. The average Bonchev–Trinajstić information content (AvgIpc) is 2.29. The molecule has 0 aliphatic rings. The number of aliphatic hydroxyl groups excluding tert-OH is 2. The molecule has 0 amide bonds. The molecule has 1 aromatic rings. The summed E-state index contributed by atoms with van der Waals surface area (Å²) in [6, 6.07) is 5.26. The monoisotopic (exact) mass is 352 g/mol. The van der Waals surface area contributed by atoms with Crippen LogP contribution in [-0.4, -0.2) is 28.8 Å². The topological polar surface area (TPSA) is 49.7 Å². The molecule has 0 saturated heterocycles. The van der Waals surface area contributed by atoms with Crippen molar-refractivity contribution in [3.63, 3.8) is 0 Å². The Morgan fingerprint density at radius 2 is 2.06 bits per heavy atom. The van der Waals surface area contributed by atoms with Gasteiger partial charge in [0.05, 0.1) is 17.7 Å². The van der Waals surface area contributed by atoms with Crippen LogP contribution in [0, 0.1) is 0 Å². The van der Waals surface area contributed by atoms with E-state index in [0.29, 0.717) is 23.1 Å². The molecule has 0 bridgehead atoms. The van der Waals surface area contributed by atoms with Crippen LogP contribution in [0.25, 0.3) is 0 Å². The maximum Gasteiger partial charge on any atom is 0.133 e. The van der Waals surface area contributed by atoms with E-state index in [1.807, 2.05) is 0 Å². The molecule has 0 aliphatic heterocycles. The third-order valence-electron chi connectivity index (χ3n) is 2.29. The summed E-state index contributed by atoms with van der Waals surface area (Å²) in [4.78, 5) is 0. The highest BCUT2D eigenvalue weighted by Crippen LogP contribution is 2.29. The molecule has 2 N–H and O–H groups in total. The molecule has 3 nitrogen and oxygen atoms in total. The van der Waals surface area contributed by atoms with Gasteiger partial charge in [0.15, 0.2) is 0 Å². The largest absolute Gasteiger partial charge is 0.496 e. The van der Waals surface area contributed by atoms with E-state index in [2.05, 4.69) is 31.9 Å². The summed E-state index contributed by atoms with van der Waals surface area (Å²) in [5.74, 6) is 0.641. The molecule has 0 aromatic heterocycles. The van der Waals surface area contributed by atoms with Gasteiger partial charge in [0, 0.05) is 5.33 Å². The number of methoxy groups -OCH3 is 1. The molecular formula is C11H14Br2O3. The zero-order chi connectivity index (χ0) is 12.1. The van der Waals surface area contributed by atoms with Gasteiger partial charge >= 0.3 is 0 Å². The number of halogens is 2. The zero-order valence-corrected chi connectivity index (χ0v) is 12.0. The van der Waals surface area contributed by atoms with E-state index in [-0.39, 0.29) is 0 Å². The van der Waals surface area contributed by atoms with E-state index >= 15 is 0 Å². The molecule has 2 unspecified atom stereocenters. The highest BCUT2D eigenvalue weighted by Gasteiger charge is 2.18. The number of benzene rings is 1. The van der Waals surface area contributed by atoms with E-state index in [1.165, 1.54) is 0 Å². The first-order chi connectivity index (χ1) is 7.60. The third-order valence-corrected chi connectivity index (χ3v) is 3.40. The molecular weight excluding hydrogens is 340 g/mol. The molecule has 1 aromatic carbocycles. The number of hydrogen-bond donors (Lipinski definition) is 2. The Hall–Kier alpha value is -0.100. The minimum atomic E-state index is -0.889. The molecule has 1 rings (SSSR count). The average molecular weight is 354 g/mol. The van der Waals surface area contributed by atoms with Crippen LogP contribution in [0.5, 0.6) is 5.75 Å². The van der Waals surface area contributed by atoms with Gasteiger partial charge in [0.2, 0.25) is 0 Å². The summed E-state index contributed by atoms with van der Waals surface area (Å²) in [6.45, 7) is 0. The molecule has 2 atom stereocenters. The van der Waals surface area contributed by atoms with Crippen molar-refractivity contribution in [3.05, 3.63) is 28.2 Å². The minimum Gasteiger partial charge on any atom is -0.496 e. The fourth-order valence-electron chi connectivity index (χ4n) is 1.35. The molecule has 0 saturated carbocycles. The second-order valence-electron chi connectivity index (χ2n) is 3.38. The van der Waals surface area contributed by atoms with Crippen LogP contribution in [0.4, 0.5) is 0 Å². The second-order valence-corrected chi connectivity index (χ2v) is 5.03. The van der Waals surface area contributed by atoms with Crippen molar-refractivity contribution in [1.29, 1.82) is 0 Å². The normalized spacial score (nSPS) is 14.6. The highest BCUT2D eigenvalue weighted by molar-refractivity contribution is 9.10. The van der Waals surface area contributed by atoms with Gasteiger partial charge in [-0.1, -0.05) is 22.0 Å². The third kappa shape index (κ3) is 3.45. The van der Waals surface area contributed by atoms with Crippen molar-refractivity contribution in [2.45, 2.75) is 18.6 Å². The lowest BCUT2D eigenvalue weighted by molar-refractivity contribution is 0.0172. The SMILES string of the molecule is COc1cc(C(O)C(O)CCBr)ccc1Br. The Balaban J connectivity index is 2.87. The number of hydrogen-bond acceptors (Lipinski definition) is 3. The summed E-state index contributed by atoms with van der Waals surface area (Å²) in [6.07, 6.45) is -1.16. The summed E-state index contributed by atoms with van der Waals surface area (Å²) in [5.41, 5.74) is 0.647. The molecule has 16 heavy (non-hydrogen) atoms. The Labute approximate surface area is 112 Å². The fourth-order valence-corrected chi connectivity index (χ4v) is 2.23. The number of aliphatic hydroxyl groups is 2. The Morgan fingerprint density at radius 1 is 1.38 bits per heavy atom. The van der Waals surface area contributed by atoms with E-state index < -0.39 is 12.2 Å². The Kier molecular flexibility index (Phi) is 5.75. The number of ether oxygens (including phenoxy) is 1. The predicted octanol–water partition coefficient (Wildman–Crippen LogP) is 2.64. The first kappa shape index (κ1) is 14.0. The van der Waals surface area contributed by atoms with Gasteiger partial charge in [-0.25, -0.2) is 0 Å². The number of alkyl halides is 1. The van der Waals surface area contributed by atoms with Crippen LogP contribution in [0.2, 0.25) is 0 Å². The van der Waals surface area contributed by atoms with Gasteiger partial charge < -0.3 is 14.9 Å². The fraction of sp³-hybridized carbons (Fsp3) is 0.455. The van der Waals surface area contributed by atoms with Crippen LogP contribution >= 0.6 is 31.9 Å². The number of rotatable bonds is 5. The van der Waals surface area contributed by atoms with Crippen molar-refractivity contribution < 1.29 is 14.9 Å². The summed E-state index contributed by atoms with van der Waals surface area (Å²) < 4.78 is 5.95. The lowest BCUT2D eigenvalue weighted by Gasteiger charge is -2.18. The quantitative estimate of drug-likeness (QED) is 0.800. The second kappa shape index (κ2) is 6.59. The van der Waals surface area contributed by atoms with Crippen LogP contribution < -0.4 is 4.74 Å². The van der Waals surface area contributed by atoms with Crippen LogP contribution in [0.1, 0.15) is 18.1 Å². The van der Waals surface area contributed by atoms with Gasteiger partial charge in [-0.05, 0) is 40.0 Å².